The van der Waals surface area contributed by atoms with Crippen LogP contribution in [0.3, 0.4) is 0 Å². The van der Waals surface area contributed by atoms with Gasteiger partial charge in [0.1, 0.15) is 16.8 Å². The van der Waals surface area contributed by atoms with Crippen molar-refractivity contribution in [3.05, 3.63) is 12.2 Å². The van der Waals surface area contributed by atoms with Gasteiger partial charge in [0.05, 0.1) is 28.8 Å². The number of carbonyl (C=O) groups excluding carboxylic acids is 1. The number of aliphatic hydroxyl groups excluding tert-OH is 1. The zero-order valence-corrected chi connectivity index (χ0v) is 21.1. The second-order valence-corrected chi connectivity index (χ2v) is 14.2. The zero-order valence-electron chi connectivity index (χ0n) is 21.1. The van der Waals surface area contributed by atoms with Crippen LogP contribution in [0.25, 0.3) is 0 Å². The van der Waals surface area contributed by atoms with E-state index in [0.29, 0.717) is 25.7 Å². The highest BCUT2D eigenvalue weighted by Gasteiger charge is 2.85. The van der Waals surface area contributed by atoms with E-state index in [1.807, 2.05) is 19.9 Å². The highest BCUT2D eigenvalue weighted by molar-refractivity contribution is 5.97. The van der Waals surface area contributed by atoms with E-state index in [-0.39, 0.29) is 41.7 Å². The lowest BCUT2D eigenvalue weighted by Crippen LogP contribution is -2.72. The molecule has 8 aliphatic rings. The summed E-state index contributed by atoms with van der Waals surface area (Å²) in [6.45, 7) is 8.06. The van der Waals surface area contributed by atoms with Gasteiger partial charge in [0.2, 0.25) is 0 Å². The number of hydrogen-bond acceptors (Lipinski definition) is 7. The summed E-state index contributed by atoms with van der Waals surface area (Å²) in [5.74, 6) is -0.123. The van der Waals surface area contributed by atoms with Crippen LogP contribution >= 0.6 is 0 Å². The van der Waals surface area contributed by atoms with Gasteiger partial charge in [0.25, 0.3) is 0 Å². The number of fused-ring (bicyclic) bond motifs is 9. The zero-order chi connectivity index (χ0) is 24.6. The van der Waals surface area contributed by atoms with Gasteiger partial charge >= 0.3 is 0 Å². The molecule has 3 heterocycles. The van der Waals surface area contributed by atoms with E-state index in [1.54, 1.807) is 6.08 Å². The first kappa shape index (κ1) is 22.2. The average Bonchev–Trinajstić information content (AvgIpc) is 3.57. The molecule has 0 aromatic rings. The third-order valence-electron chi connectivity index (χ3n) is 13.5. The van der Waals surface area contributed by atoms with Crippen molar-refractivity contribution < 1.29 is 34.3 Å². The van der Waals surface area contributed by atoms with Crippen molar-refractivity contribution in [2.75, 3.05) is 0 Å². The number of hydrogen-bond donors (Lipinski definition) is 3. The lowest BCUT2D eigenvalue weighted by molar-refractivity contribution is -0.284. The molecule has 3 aliphatic heterocycles. The molecule has 7 nitrogen and oxygen atoms in total. The summed E-state index contributed by atoms with van der Waals surface area (Å²) in [5, 5.41) is 35.9. The molecule has 192 valence electrons. The number of ether oxygens (including phenoxy) is 3. The van der Waals surface area contributed by atoms with Gasteiger partial charge in [-0.1, -0.05) is 13.0 Å². The van der Waals surface area contributed by atoms with Crippen molar-refractivity contribution in [3.63, 3.8) is 0 Å². The molecule has 0 radical (unpaired) electrons. The minimum Gasteiger partial charge on any atom is -0.389 e. The molecule has 3 saturated heterocycles. The van der Waals surface area contributed by atoms with E-state index in [2.05, 4.69) is 13.8 Å². The van der Waals surface area contributed by atoms with Crippen molar-refractivity contribution in [2.24, 2.45) is 34.5 Å². The first-order valence-corrected chi connectivity index (χ1v) is 13.7. The molecule has 35 heavy (non-hydrogen) atoms. The summed E-state index contributed by atoms with van der Waals surface area (Å²) in [5.41, 5.74) is -4.98. The molecule has 14 atom stereocenters. The van der Waals surface area contributed by atoms with Gasteiger partial charge in [-0.25, -0.2) is 0 Å². The molecule has 0 unspecified atom stereocenters. The van der Waals surface area contributed by atoms with Crippen LogP contribution in [-0.4, -0.2) is 67.6 Å². The van der Waals surface area contributed by atoms with Crippen molar-refractivity contribution in [3.8, 4) is 0 Å². The Balaban J connectivity index is 1.16. The SMILES string of the molecule is C[C@]12CC[C@H]3[C@@H](C[C@H]4O[C@]45CC=CC(=O)[C@]35C)[C@]1(O)[C@@H]1C[C@H]([C@H]3C[C@]4(C)O[C@]4(C)[C@H](O)O3)[C@@]2(O)C1. The Morgan fingerprint density at radius 3 is 2.54 bits per heavy atom. The number of allylic oxidation sites excluding steroid dienone is 1. The molecule has 2 bridgehead atoms. The molecule has 7 heteroatoms. The van der Waals surface area contributed by atoms with Crippen molar-refractivity contribution in [2.45, 2.75) is 119 Å². The van der Waals surface area contributed by atoms with E-state index >= 15 is 0 Å². The molecule has 0 aromatic heterocycles. The topological polar surface area (TPSA) is 112 Å². The summed E-state index contributed by atoms with van der Waals surface area (Å²) in [6.07, 6.45) is 7.21. The van der Waals surface area contributed by atoms with Crippen molar-refractivity contribution in [1.29, 1.82) is 0 Å². The number of aliphatic hydroxyl groups is 3. The Hall–Kier alpha value is -0.830. The number of carbonyl (C=O) groups is 1. The average molecular weight is 487 g/mol. The van der Waals surface area contributed by atoms with Crippen LogP contribution < -0.4 is 0 Å². The highest BCUT2D eigenvalue weighted by atomic mass is 16.7. The Bertz CT molecular complexity index is 1090. The van der Waals surface area contributed by atoms with E-state index in [4.69, 9.17) is 14.2 Å². The third kappa shape index (κ3) is 1.99. The van der Waals surface area contributed by atoms with Crippen molar-refractivity contribution >= 4 is 5.78 Å². The lowest BCUT2D eigenvalue weighted by Gasteiger charge is -2.65. The molecular weight excluding hydrogens is 448 g/mol. The molecule has 8 rings (SSSR count). The molecule has 4 saturated carbocycles. The molecule has 5 aliphatic carbocycles. The predicted molar refractivity (Wildman–Crippen MR) is 123 cm³/mol. The highest BCUT2D eigenvalue weighted by Crippen LogP contribution is 2.79. The largest absolute Gasteiger partial charge is 0.389 e. The van der Waals surface area contributed by atoms with E-state index in [0.717, 1.165) is 19.3 Å². The third-order valence-corrected chi connectivity index (χ3v) is 13.5. The maximum absolute atomic E-state index is 13.4. The number of rotatable bonds is 1. The van der Waals surface area contributed by atoms with Crippen LogP contribution in [0.15, 0.2) is 12.2 Å². The van der Waals surface area contributed by atoms with Crippen LogP contribution in [0.5, 0.6) is 0 Å². The molecule has 0 amide bonds. The minimum atomic E-state index is -1.09. The Morgan fingerprint density at radius 1 is 1.03 bits per heavy atom. The van der Waals surface area contributed by atoms with Gasteiger partial charge in [-0.3, -0.25) is 4.79 Å². The van der Waals surface area contributed by atoms with Crippen LogP contribution in [0.4, 0.5) is 0 Å². The van der Waals surface area contributed by atoms with Gasteiger partial charge in [-0.2, -0.15) is 0 Å². The molecule has 0 aromatic carbocycles. The summed E-state index contributed by atoms with van der Waals surface area (Å²) >= 11 is 0. The van der Waals surface area contributed by atoms with E-state index < -0.39 is 45.1 Å². The molecule has 1 spiro atoms. The maximum atomic E-state index is 13.4. The van der Waals surface area contributed by atoms with Crippen LogP contribution in [0, 0.1) is 34.5 Å². The lowest BCUT2D eigenvalue weighted by atomic mass is 9.40. The fourth-order valence-electron chi connectivity index (χ4n) is 11.2. The van der Waals surface area contributed by atoms with Gasteiger partial charge in [0.15, 0.2) is 12.1 Å². The normalized spacial score (nSPS) is 69.5. The fraction of sp³-hybridized carbons (Fsp3) is 0.893. The smallest absolute Gasteiger partial charge is 0.186 e. The quantitative estimate of drug-likeness (QED) is 0.488. The minimum absolute atomic E-state index is 0.0000541. The molecule has 7 fully saturated rings. The Morgan fingerprint density at radius 2 is 1.80 bits per heavy atom. The van der Waals surface area contributed by atoms with Crippen LogP contribution in [-0.2, 0) is 19.0 Å². The van der Waals surface area contributed by atoms with E-state index in [9.17, 15) is 20.1 Å². The summed E-state index contributed by atoms with van der Waals surface area (Å²) in [6, 6.07) is 0. The van der Waals surface area contributed by atoms with Gasteiger partial charge in [0, 0.05) is 17.8 Å². The first-order chi connectivity index (χ1) is 16.3. The molecule has 3 N–H and O–H groups in total. The van der Waals surface area contributed by atoms with E-state index in [1.165, 1.54) is 0 Å². The summed E-state index contributed by atoms with van der Waals surface area (Å²) < 4.78 is 18.4. The fourth-order valence-corrected chi connectivity index (χ4v) is 11.2. The summed E-state index contributed by atoms with van der Waals surface area (Å²) in [4.78, 5) is 13.4. The maximum Gasteiger partial charge on any atom is 0.186 e. The van der Waals surface area contributed by atoms with Gasteiger partial charge in [-0.05, 0) is 83.1 Å². The second-order valence-electron chi connectivity index (χ2n) is 14.2. The Labute approximate surface area is 206 Å². The van der Waals surface area contributed by atoms with Gasteiger partial charge < -0.3 is 29.5 Å². The second kappa shape index (κ2) is 5.76. The van der Waals surface area contributed by atoms with Crippen molar-refractivity contribution in [1.82, 2.24) is 0 Å². The number of ketones is 1. The first-order valence-electron chi connectivity index (χ1n) is 13.7. The van der Waals surface area contributed by atoms with Crippen LogP contribution in [0.2, 0.25) is 0 Å². The summed E-state index contributed by atoms with van der Waals surface area (Å²) in [7, 11) is 0. The molecular formula is C28H38O7. The Kier molecular flexibility index (Phi) is 3.65. The predicted octanol–water partition coefficient (Wildman–Crippen LogP) is 2.25. The van der Waals surface area contributed by atoms with Crippen LogP contribution in [0.1, 0.15) is 72.6 Å². The van der Waals surface area contributed by atoms with Gasteiger partial charge in [-0.15, -0.1) is 0 Å². The standard InChI is InChI=1S/C28H38O7/c1-22-9-7-15-16(11-20-27(34-20)8-5-6-19(29)24(15,27)3)28(22,32)14-10-17(26(22,31)12-14)18-13-23(2)25(4,35-23)21(30)33-18/h5-6,14-18,20-21,30-32H,7-13H2,1-4H3/t14-,15+,16-,17-,18-,20-,21-,22-,23+,24+,25-,26+,27-,28-/m1/s1. The number of epoxide rings is 2. The monoisotopic (exact) mass is 486 g/mol.